The molecular formula is C11H19N3OS. The summed E-state index contributed by atoms with van der Waals surface area (Å²) in [4.78, 5) is 14.7. The highest BCUT2D eigenvalue weighted by Crippen LogP contribution is 2.22. The first-order valence-corrected chi connectivity index (χ1v) is 6.13. The summed E-state index contributed by atoms with van der Waals surface area (Å²) < 4.78 is 0. The van der Waals surface area contributed by atoms with Crippen molar-refractivity contribution in [2.45, 2.75) is 19.0 Å². The summed E-state index contributed by atoms with van der Waals surface area (Å²) in [6.07, 6.45) is 0. The summed E-state index contributed by atoms with van der Waals surface area (Å²) in [5, 5.41) is 4.89. The lowest BCUT2D eigenvalue weighted by Gasteiger charge is -2.23. The van der Waals surface area contributed by atoms with Gasteiger partial charge in [0.25, 0.3) is 0 Å². The summed E-state index contributed by atoms with van der Waals surface area (Å²) in [6.45, 7) is 2.28. The molecule has 0 saturated heterocycles. The van der Waals surface area contributed by atoms with Crippen molar-refractivity contribution >= 4 is 17.2 Å². The first-order chi connectivity index (χ1) is 7.52. The van der Waals surface area contributed by atoms with Crippen LogP contribution in [0.25, 0.3) is 0 Å². The van der Waals surface area contributed by atoms with Crippen LogP contribution >= 0.6 is 11.3 Å². The SMILES string of the molecule is C[C@@H](N)C(=O)NCC(c1cccs1)N(C)C. The summed E-state index contributed by atoms with van der Waals surface area (Å²) in [5.74, 6) is -0.108. The number of nitrogens with two attached hydrogens (primary N) is 1. The summed E-state index contributed by atoms with van der Waals surface area (Å²) in [6, 6.07) is 3.85. The van der Waals surface area contributed by atoms with E-state index in [-0.39, 0.29) is 11.9 Å². The van der Waals surface area contributed by atoms with Gasteiger partial charge in [0.1, 0.15) is 0 Å². The minimum absolute atomic E-state index is 0.108. The van der Waals surface area contributed by atoms with Crippen LogP contribution in [0.15, 0.2) is 17.5 Å². The van der Waals surface area contributed by atoms with E-state index < -0.39 is 6.04 Å². The predicted octanol–water partition coefficient (Wildman–Crippen LogP) is 0.814. The van der Waals surface area contributed by atoms with Gasteiger partial charge in [0, 0.05) is 11.4 Å². The Kier molecular flexibility index (Phi) is 4.92. The molecule has 0 bridgehead atoms. The fourth-order valence-corrected chi connectivity index (χ4v) is 2.30. The Hall–Kier alpha value is -0.910. The summed E-state index contributed by atoms with van der Waals surface area (Å²) in [5.41, 5.74) is 5.49. The maximum Gasteiger partial charge on any atom is 0.236 e. The van der Waals surface area contributed by atoms with Crippen LogP contribution in [0.2, 0.25) is 0 Å². The zero-order valence-corrected chi connectivity index (χ0v) is 10.8. The zero-order chi connectivity index (χ0) is 12.1. The van der Waals surface area contributed by atoms with Crippen molar-refractivity contribution in [3.8, 4) is 0 Å². The Morgan fingerprint density at radius 2 is 2.31 bits per heavy atom. The van der Waals surface area contributed by atoms with Crippen LogP contribution in [0.5, 0.6) is 0 Å². The van der Waals surface area contributed by atoms with Crippen molar-refractivity contribution in [2.24, 2.45) is 5.73 Å². The lowest BCUT2D eigenvalue weighted by molar-refractivity contribution is -0.122. The van der Waals surface area contributed by atoms with Gasteiger partial charge in [-0.15, -0.1) is 11.3 Å². The van der Waals surface area contributed by atoms with Crippen LogP contribution in [-0.4, -0.2) is 37.5 Å². The molecule has 1 unspecified atom stereocenters. The van der Waals surface area contributed by atoms with Crippen molar-refractivity contribution in [2.75, 3.05) is 20.6 Å². The molecule has 16 heavy (non-hydrogen) atoms. The van der Waals surface area contributed by atoms with E-state index in [1.54, 1.807) is 18.3 Å². The average molecular weight is 241 g/mol. The van der Waals surface area contributed by atoms with Crippen molar-refractivity contribution in [3.63, 3.8) is 0 Å². The second-order valence-corrected chi connectivity index (χ2v) is 5.01. The van der Waals surface area contributed by atoms with Gasteiger partial charge in [-0.25, -0.2) is 0 Å². The number of hydrogen-bond acceptors (Lipinski definition) is 4. The number of hydrogen-bond donors (Lipinski definition) is 2. The van der Waals surface area contributed by atoms with Gasteiger partial charge in [-0.1, -0.05) is 6.07 Å². The normalized spacial score (nSPS) is 14.8. The van der Waals surface area contributed by atoms with Gasteiger partial charge in [0.05, 0.1) is 12.1 Å². The van der Waals surface area contributed by atoms with Crippen LogP contribution in [0.4, 0.5) is 0 Å². The van der Waals surface area contributed by atoms with Crippen molar-refractivity contribution in [3.05, 3.63) is 22.4 Å². The fourth-order valence-electron chi connectivity index (χ4n) is 1.38. The van der Waals surface area contributed by atoms with Gasteiger partial charge in [-0.3, -0.25) is 4.79 Å². The van der Waals surface area contributed by atoms with Crippen molar-refractivity contribution < 1.29 is 4.79 Å². The Labute approximate surface area is 100 Å². The molecule has 0 aliphatic heterocycles. The molecule has 90 valence electrons. The van der Waals surface area contributed by atoms with Gasteiger partial charge >= 0.3 is 0 Å². The van der Waals surface area contributed by atoms with E-state index in [9.17, 15) is 4.79 Å². The topological polar surface area (TPSA) is 58.4 Å². The number of rotatable bonds is 5. The van der Waals surface area contributed by atoms with E-state index >= 15 is 0 Å². The summed E-state index contributed by atoms with van der Waals surface area (Å²) in [7, 11) is 4.00. The Morgan fingerprint density at radius 1 is 1.62 bits per heavy atom. The molecule has 1 heterocycles. The van der Waals surface area contributed by atoms with Gasteiger partial charge in [0.15, 0.2) is 0 Å². The van der Waals surface area contributed by atoms with Crippen LogP contribution in [0, 0.1) is 0 Å². The Balaban J connectivity index is 2.57. The highest BCUT2D eigenvalue weighted by atomic mass is 32.1. The lowest BCUT2D eigenvalue weighted by atomic mass is 10.2. The lowest BCUT2D eigenvalue weighted by Crippen LogP contribution is -2.42. The molecule has 0 fully saturated rings. The maximum absolute atomic E-state index is 11.4. The molecule has 1 amide bonds. The highest BCUT2D eigenvalue weighted by molar-refractivity contribution is 7.10. The smallest absolute Gasteiger partial charge is 0.236 e. The van der Waals surface area contributed by atoms with E-state index in [1.807, 2.05) is 25.5 Å². The molecule has 0 aliphatic carbocycles. The highest BCUT2D eigenvalue weighted by Gasteiger charge is 2.16. The van der Waals surface area contributed by atoms with E-state index in [1.165, 1.54) is 4.88 Å². The van der Waals surface area contributed by atoms with Crippen LogP contribution < -0.4 is 11.1 Å². The molecule has 0 spiro atoms. The first-order valence-electron chi connectivity index (χ1n) is 5.25. The number of amides is 1. The van der Waals surface area contributed by atoms with E-state index in [0.717, 1.165) is 0 Å². The number of nitrogens with one attached hydrogen (secondary N) is 1. The molecule has 2 atom stereocenters. The molecule has 1 rings (SSSR count). The number of nitrogens with zero attached hydrogens (tertiary/aromatic N) is 1. The molecule has 4 nitrogen and oxygen atoms in total. The van der Waals surface area contributed by atoms with Crippen molar-refractivity contribution in [1.82, 2.24) is 10.2 Å². The molecule has 1 aromatic heterocycles. The fraction of sp³-hybridized carbons (Fsp3) is 0.545. The molecule has 3 N–H and O–H groups in total. The van der Waals surface area contributed by atoms with Crippen LogP contribution in [0.1, 0.15) is 17.8 Å². The van der Waals surface area contributed by atoms with Crippen LogP contribution in [0.3, 0.4) is 0 Å². The third-order valence-corrected chi connectivity index (χ3v) is 3.35. The maximum atomic E-state index is 11.4. The zero-order valence-electron chi connectivity index (χ0n) is 9.93. The molecule has 1 aromatic rings. The molecule has 0 radical (unpaired) electrons. The number of thiophene rings is 1. The number of carbonyl (C=O) groups excluding carboxylic acids is 1. The Morgan fingerprint density at radius 3 is 2.75 bits per heavy atom. The van der Waals surface area contributed by atoms with Gasteiger partial charge < -0.3 is 16.0 Å². The second kappa shape index (κ2) is 5.98. The van der Waals surface area contributed by atoms with Gasteiger partial charge in [-0.05, 0) is 32.5 Å². The monoisotopic (exact) mass is 241 g/mol. The average Bonchev–Trinajstić information content (AvgIpc) is 2.70. The molecule has 5 heteroatoms. The van der Waals surface area contributed by atoms with E-state index in [4.69, 9.17) is 5.73 Å². The van der Waals surface area contributed by atoms with Crippen molar-refractivity contribution in [1.29, 1.82) is 0 Å². The minimum Gasteiger partial charge on any atom is -0.353 e. The second-order valence-electron chi connectivity index (χ2n) is 4.03. The van der Waals surface area contributed by atoms with Gasteiger partial charge in [-0.2, -0.15) is 0 Å². The van der Waals surface area contributed by atoms with Crippen LogP contribution in [-0.2, 0) is 4.79 Å². The molecule has 0 aromatic carbocycles. The third-order valence-electron chi connectivity index (χ3n) is 2.38. The third kappa shape index (κ3) is 3.59. The molecular weight excluding hydrogens is 222 g/mol. The standard InChI is InChI=1S/C11H19N3OS/c1-8(12)11(15)13-7-9(14(2)3)10-5-4-6-16-10/h4-6,8-9H,7,12H2,1-3H3,(H,13,15)/t8-,9?/m1/s1. The Bertz CT molecular complexity index is 322. The van der Waals surface area contributed by atoms with Gasteiger partial charge in [0.2, 0.25) is 5.91 Å². The molecule has 0 saturated carbocycles. The van der Waals surface area contributed by atoms with E-state index in [0.29, 0.717) is 6.54 Å². The predicted molar refractivity (Wildman–Crippen MR) is 67.4 cm³/mol. The minimum atomic E-state index is -0.453. The number of likely N-dealkylation sites (N-methyl/N-ethyl adjacent to an activating group) is 1. The molecule has 0 aliphatic rings. The van der Waals surface area contributed by atoms with E-state index in [2.05, 4.69) is 16.3 Å². The number of carbonyl (C=O) groups is 1. The quantitative estimate of drug-likeness (QED) is 0.802. The first kappa shape index (κ1) is 13.2. The summed E-state index contributed by atoms with van der Waals surface area (Å²) >= 11 is 1.70. The largest absolute Gasteiger partial charge is 0.353 e.